The molecule has 4 heteroatoms. The first-order valence-electron chi connectivity index (χ1n) is 8.08. The highest BCUT2D eigenvalue weighted by atomic mass is 32.2. The zero-order valence-corrected chi connectivity index (χ0v) is 14.3. The second-order valence-electron chi connectivity index (χ2n) is 5.90. The van der Waals surface area contributed by atoms with Gasteiger partial charge in [0, 0.05) is 30.0 Å². The van der Waals surface area contributed by atoms with Gasteiger partial charge in [-0.15, -0.1) is 4.31 Å². The quantitative estimate of drug-likeness (QED) is 0.784. The Labute approximate surface area is 141 Å². The summed E-state index contributed by atoms with van der Waals surface area (Å²) in [5, 5.41) is 0. The Bertz CT molecular complexity index is 612. The molecule has 1 aliphatic heterocycles. The van der Waals surface area contributed by atoms with Gasteiger partial charge in [-0.1, -0.05) is 48.5 Å². The highest BCUT2D eigenvalue weighted by Crippen LogP contribution is 2.34. The second kappa shape index (κ2) is 7.86. The van der Waals surface area contributed by atoms with Crippen molar-refractivity contribution in [3.8, 4) is 5.75 Å². The van der Waals surface area contributed by atoms with Crippen LogP contribution in [-0.4, -0.2) is 29.1 Å². The molecule has 0 radical (unpaired) electrons. The van der Waals surface area contributed by atoms with Gasteiger partial charge in [0.15, 0.2) is 5.75 Å². The molecule has 1 saturated heterocycles. The number of hydrogen-bond donors (Lipinski definition) is 0. The third-order valence-corrected chi connectivity index (χ3v) is 5.98. The zero-order chi connectivity index (χ0) is 16.1. The fraction of sp³-hybridized carbons (Fsp3) is 0.368. The molecule has 1 atom stereocenters. The molecule has 0 spiro atoms. The van der Waals surface area contributed by atoms with E-state index in [9.17, 15) is 4.55 Å². The van der Waals surface area contributed by atoms with Gasteiger partial charge in [-0.25, -0.2) is 0 Å². The van der Waals surface area contributed by atoms with E-state index in [1.54, 1.807) is 7.11 Å². The third kappa shape index (κ3) is 4.08. The molecule has 122 valence electrons. The van der Waals surface area contributed by atoms with Crippen LogP contribution in [0.3, 0.4) is 0 Å². The first-order chi connectivity index (χ1) is 11.3. The van der Waals surface area contributed by atoms with Gasteiger partial charge < -0.3 is 9.29 Å². The van der Waals surface area contributed by atoms with E-state index in [-0.39, 0.29) is 0 Å². The van der Waals surface area contributed by atoms with Crippen molar-refractivity contribution in [2.75, 3.05) is 20.2 Å². The van der Waals surface area contributed by atoms with Gasteiger partial charge in [0.25, 0.3) is 0 Å². The van der Waals surface area contributed by atoms with Crippen LogP contribution in [0.2, 0.25) is 0 Å². The van der Waals surface area contributed by atoms with Crippen molar-refractivity contribution in [3.05, 3.63) is 65.7 Å². The number of piperidine rings is 1. The van der Waals surface area contributed by atoms with Crippen molar-refractivity contribution in [1.29, 1.82) is 0 Å². The Morgan fingerprint density at radius 1 is 1.04 bits per heavy atom. The molecule has 23 heavy (non-hydrogen) atoms. The standard InChI is InChI=1S/C19H23NO2S/c1-22-19-10-6-5-9-18(19)17-11-13-20(14-12-17)23(21)15-16-7-3-2-4-8-16/h2-10,17H,11-15H2,1H3. The normalized spacial score (nSPS) is 17.8. The fourth-order valence-corrected chi connectivity index (χ4v) is 4.46. The van der Waals surface area contributed by atoms with Crippen LogP contribution in [0.25, 0.3) is 0 Å². The second-order valence-corrected chi connectivity index (χ2v) is 7.34. The largest absolute Gasteiger partial charge is 0.598 e. The maximum absolute atomic E-state index is 12.5. The van der Waals surface area contributed by atoms with Crippen LogP contribution in [0.5, 0.6) is 5.75 Å². The number of nitrogens with zero attached hydrogens (tertiary/aromatic N) is 1. The van der Waals surface area contributed by atoms with Gasteiger partial charge in [0.2, 0.25) is 0 Å². The average Bonchev–Trinajstić information content (AvgIpc) is 2.62. The van der Waals surface area contributed by atoms with E-state index in [1.807, 2.05) is 42.5 Å². The van der Waals surface area contributed by atoms with E-state index in [0.717, 1.165) is 37.2 Å². The molecular formula is C19H23NO2S. The van der Waals surface area contributed by atoms with Crippen LogP contribution in [-0.2, 0) is 17.1 Å². The molecule has 3 nitrogen and oxygen atoms in total. The molecule has 1 heterocycles. The van der Waals surface area contributed by atoms with Crippen LogP contribution in [0.1, 0.15) is 29.9 Å². The van der Waals surface area contributed by atoms with E-state index in [4.69, 9.17) is 4.74 Å². The summed E-state index contributed by atoms with van der Waals surface area (Å²) in [4.78, 5) is 0. The lowest BCUT2D eigenvalue weighted by Gasteiger charge is -2.32. The first kappa shape index (κ1) is 16.4. The molecule has 0 saturated carbocycles. The maximum Gasteiger partial charge on any atom is 0.150 e. The van der Waals surface area contributed by atoms with Gasteiger partial charge in [-0.05, 0) is 30.4 Å². The first-order valence-corrected chi connectivity index (χ1v) is 9.36. The van der Waals surface area contributed by atoms with E-state index in [1.165, 1.54) is 5.56 Å². The SMILES string of the molecule is COc1ccccc1C1CCN([S+]([O-])Cc2ccccc2)CC1. The molecule has 0 aromatic heterocycles. The van der Waals surface area contributed by atoms with Crippen LogP contribution in [0.4, 0.5) is 0 Å². The van der Waals surface area contributed by atoms with E-state index < -0.39 is 11.4 Å². The number of rotatable bonds is 5. The monoisotopic (exact) mass is 329 g/mol. The molecule has 3 rings (SSSR count). The minimum absolute atomic E-state index is 0.496. The lowest BCUT2D eigenvalue weighted by Crippen LogP contribution is -2.38. The van der Waals surface area contributed by atoms with E-state index in [2.05, 4.69) is 16.4 Å². The van der Waals surface area contributed by atoms with Crippen molar-refractivity contribution in [2.24, 2.45) is 0 Å². The average molecular weight is 329 g/mol. The molecule has 0 bridgehead atoms. The molecular weight excluding hydrogens is 306 g/mol. The minimum Gasteiger partial charge on any atom is -0.598 e. The maximum atomic E-state index is 12.5. The van der Waals surface area contributed by atoms with Crippen molar-refractivity contribution < 1.29 is 9.29 Å². The predicted molar refractivity (Wildman–Crippen MR) is 94.8 cm³/mol. The Hall–Kier alpha value is -1.49. The van der Waals surface area contributed by atoms with Crippen LogP contribution in [0, 0.1) is 0 Å². The lowest BCUT2D eigenvalue weighted by molar-refractivity contribution is 0.312. The van der Waals surface area contributed by atoms with Gasteiger partial charge >= 0.3 is 0 Å². The summed E-state index contributed by atoms with van der Waals surface area (Å²) < 4.78 is 20.1. The van der Waals surface area contributed by atoms with Crippen molar-refractivity contribution in [3.63, 3.8) is 0 Å². The predicted octanol–water partition coefficient (Wildman–Crippen LogP) is 3.74. The summed E-state index contributed by atoms with van der Waals surface area (Å²) in [5.74, 6) is 2.08. The summed E-state index contributed by atoms with van der Waals surface area (Å²) in [5.41, 5.74) is 2.42. The summed E-state index contributed by atoms with van der Waals surface area (Å²) in [6, 6.07) is 18.3. The Morgan fingerprint density at radius 2 is 1.70 bits per heavy atom. The molecule has 1 fully saturated rings. The summed E-state index contributed by atoms with van der Waals surface area (Å²) in [6.07, 6.45) is 2.06. The summed E-state index contributed by atoms with van der Waals surface area (Å²) >= 11 is -0.934. The number of para-hydroxylation sites is 1. The zero-order valence-electron chi connectivity index (χ0n) is 13.5. The van der Waals surface area contributed by atoms with Gasteiger partial charge in [0.1, 0.15) is 5.75 Å². The number of methoxy groups -OCH3 is 1. The van der Waals surface area contributed by atoms with Crippen molar-refractivity contribution in [2.45, 2.75) is 24.5 Å². The summed E-state index contributed by atoms with van der Waals surface area (Å²) in [7, 11) is 1.73. The number of hydrogen-bond acceptors (Lipinski definition) is 3. The van der Waals surface area contributed by atoms with Crippen LogP contribution in [0.15, 0.2) is 54.6 Å². The molecule has 1 unspecified atom stereocenters. The van der Waals surface area contributed by atoms with Crippen molar-refractivity contribution in [1.82, 2.24) is 4.31 Å². The number of ether oxygens (including phenoxy) is 1. The lowest BCUT2D eigenvalue weighted by atomic mass is 9.89. The van der Waals surface area contributed by atoms with Gasteiger partial charge in [0.05, 0.1) is 7.11 Å². The van der Waals surface area contributed by atoms with Crippen LogP contribution < -0.4 is 4.74 Å². The Kier molecular flexibility index (Phi) is 5.60. The number of benzene rings is 2. The van der Waals surface area contributed by atoms with Crippen molar-refractivity contribution >= 4 is 11.4 Å². The molecule has 2 aromatic carbocycles. The van der Waals surface area contributed by atoms with Gasteiger partial charge in [-0.3, -0.25) is 0 Å². The summed E-state index contributed by atoms with van der Waals surface area (Å²) in [6.45, 7) is 1.75. The fourth-order valence-electron chi connectivity index (χ4n) is 3.18. The minimum atomic E-state index is -0.934. The molecule has 0 amide bonds. The molecule has 2 aromatic rings. The van der Waals surface area contributed by atoms with E-state index >= 15 is 0 Å². The smallest absolute Gasteiger partial charge is 0.150 e. The topological polar surface area (TPSA) is 35.5 Å². The highest BCUT2D eigenvalue weighted by Gasteiger charge is 2.29. The van der Waals surface area contributed by atoms with Gasteiger partial charge in [-0.2, -0.15) is 0 Å². The van der Waals surface area contributed by atoms with Crippen LogP contribution >= 0.6 is 0 Å². The van der Waals surface area contributed by atoms with E-state index in [0.29, 0.717) is 11.7 Å². The Balaban J connectivity index is 1.58. The highest BCUT2D eigenvalue weighted by molar-refractivity contribution is 7.88. The molecule has 0 N–H and O–H groups in total. The third-order valence-electron chi connectivity index (χ3n) is 4.45. The molecule has 1 aliphatic rings. The molecule has 0 aliphatic carbocycles. The Morgan fingerprint density at radius 3 is 2.39 bits per heavy atom.